The molecule has 0 radical (unpaired) electrons. The number of rotatable bonds is 3. The number of para-hydroxylation sites is 1. The molecular formula is C16H16N2OS. The summed E-state index contributed by atoms with van der Waals surface area (Å²) in [5.74, 6) is 0.124. The van der Waals surface area contributed by atoms with Gasteiger partial charge in [0, 0.05) is 11.4 Å². The highest BCUT2D eigenvalue weighted by Gasteiger charge is 2.21. The standard InChI is InChI=1S/C16H16N2OS/c19-16-12-17-20-15-9-5-4-8-14(15)18(16)11-10-13-6-2-1-3-7-13/h1-9,17H,10-12H2. The monoisotopic (exact) mass is 284 g/mol. The fraction of sp³-hybridized carbons (Fsp3) is 0.188. The zero-order valence-corrected chi connectivity index (χ0v) is 11.9. The molecule has 1 aliphatic heterocycles. The third-order valence-corrected chi connectivity index (χ3v) is 4.18. The summed E-state index contributed by atoms with van der Waals surface area (Å²) in [5.41, 5.74) is 2.26. The van der Waals surface area contributed by atoms with Gasteiger partial charge in [-0.25, -0.2) is 0 Å². The van der Waals surface area contributed by atoms with Crippen LogP contribution in [0, 0.1) is 0 Å². The minimum Gasteiger partial charge on any atom is -0.310 e. The average molecular weight is 284 g/mol. The van der Waals surface area contributed by atoms with E-state index >= 15 is 0 Å². The summed E-state index contributed by atoms with van der Waals surface area (Å²) in [5, 5.41) is 0. The van der Waals surface area contributed by atoms with Gasteiger partial charge >= 0.3 is 0 Å². The highest BCUT2D eigenvalue weighted by atomic mass is 32.2. The summed E-state index contributed by atoms with van der Waals surface area (Å²) >= 11 is 1.53. The summed E-state index contributed by atoms with van der Waals surface area (Å²) in [4.78, 5) is 15.2. The lowest BCUT2D eigenvalue weighted by Gasteiger charge is -2.22. The van der Waals surface area contributed by atoms with Crippen LogP contribution in [0.15, 0.2) is 59.5 Å². The van der Waals surface area contributed by atoms with E-state index in [1.54, 1.807) is 0 Å². The van der Waals surface area contributed by atoms with Gasteiger partial charge in [-0.05, 0) is 36.1 Å². The molecule has 0 fully saturated rings. The minimum absolute atomic E-state index is 0.124. The molecule has 1 N–H and O–H groups in total. The smallest absolute Gasteiger partial charge is 0.241 e. The van der Waals surface area contributed by atoms with Crippen LogP contribution in [-0.2, 0) is 11.2 Å². The summed E-state index contributed by atoms with van der Waals surface area (Å²) in [6, 6.07) is 18.3. The number of amides is 1. The molecule has 4 heteroatoms. The van der Waals surface area contributed by atoms with E-state index in [0.717, 1.165) is 17.0 Å². The highest BCUT2D eigenvalue weighted by Crippen LogP contribution is 2.30. The van der Waals surface area contributed by atoms with Crippen molar-refractivity contribution in [2.45, 2.75) is 11.3 Å². The molecule has 0 aromatic heterocycles. The van der Waals surface area contributed by atoms with Gasteiger partial charge in [0.1, 0.15) is 0 Å². The maximum absolute atomic E-state index is 12.2. The van der Waals surface area contributed by atoms with Crippen molar-refractivity contribution < 1.29 is 4.79 Å². The maximum atomic E-state index is 12.2. The maximum Gasteiger partial charge on any atom is 0.241 e. The number of carbonyl (C=O) groups excluding carboxylic acids is 1. The normalized spacial score (nSPS) is 14.8. The van der Waals surface area contributed by atoms with Gasteiger partial charge in [-0.1, -0.05) is 42.5 Å². The molecule has 0 aliphatic carbocycles. The van der Waals surface area contributed by atoms with Crippen molar-refractivity contribution in [3.8, 4) is 0 Å². The number of anilines is 1. The summed E-state index contributed by atoms with van der Waals surface area (Å²) in [7, 11) is 0. The van der Waals surface area contributed by atoms with E-state index < -0.39 is 0 Å². The van der Waals surface area contributed by atoms with Crippen LogP contribution in [0.1, 0.15) is 5.56 Å². The number of nitrogens with zero attached hydrogens (tertiary/aromatic N) is 1. The van der Waals surface area contributed by atoms with E-state index in [-0.39, 0.29) is 5.91 Å². The Kier molecular flexibility index (Phi) is 4.04. The van der Waals surface area contributed by atoms with E-state index in [1.165, 1.54) is 17.5 Å². The van der Waals surface area contributed by atoms with Crippen LogP contribution in [0.2, 0.25) is 0 Å². The largest absolute Gasteiger partial charge is 0.310 e. The second-order valence-corrected chi connectivity index (χ2v) is 5.60. The van der Waals surface area contributed by atoms with Crippen LogP contribution in [-0.4, -0.2) is 19.0 Å². The van der Waals surface area contributed by atoms with Crippen molar-refractivity contribution in [2.24, 2.45) is 0 Å². The van der Waals surface area contributed by atoms with E-state index in [1.807, 2.05) is 47.4 Å². The third kappa shape index (κ3) is 2.86. The van der Waals surface area contributed by atoms with Crippen LogP contribution >= 0.6 is 11.9 Å². The third-order valence-electron chi connectivity index (χ3n) is 3.33. The van der Waals surface area contributed by atoms with Crippen molar-refractivity contribution in [1.29, 1.82) is 0 Å². The van der Waals surface area contributed by atoms with Crippen LogP contribution in [0.5, 0.6) is 0 Å². The molecule has 0 bridgehead atoms. The molecule has 3 rings (SSSR count). The molecule has 2 aromatic rings. The van der Waals surface area contributed by atoms with Gasteiger partial charge in [-0.15, -0.1) is 0 Å². The van der Waals surface area contributed by atoms with E-state index in [9.17, 15) is 4.79 Å². The molecule has 2 aromatic carbocycles. The number of benzene rings is 2. The Balaban J connectivity index is 1.81. The molecule has 0 saturated carbocycles. The summed E-state index contributed by atoms with van der Waals surface area (Å²) in [6.45, 7) is 1.08. The SMILES string of the molecule is O=C1CNSc2ccccc2N1CCc1ccccc1. The minimum atomic E-state index is 0.124. The van der Waals surface area contributed by atoms with Gasteiger partial charge in [0.15, 0.2) is 0 Å². The highest BCUT2D eigenvalue weighted by molar-refractivity contribution is 7.97. The predicted octanol–water partition coefficient (Wildman–Crippen LogP) is 2.87. The number of carbonyl (C=O) groups is 1. The second-order valence-electron chi connectivity index (χ2n) is 4.67. The number of hydrogen-bond acceptors (Lipinski definition) is 3. The second kappa shape index (κ2) is 6.11. The quantitative estimate of drug-likeness (QED) is 0.880. The first kappa shape index (κ1) is 13.2. The molecular weight excluding hydrogens is 268 g/mol. The van der Waals surface area contributed by atoms with Crippen LogP contribution in [0.3, 0.4) is 0 Å². The van der Waals surface area contributed by atoms with Crippen molar-refractivity contribution in [2.75, 3.05) is 18.0 Å². The molecule has 1 aliphatic rings. The lowest BCUT2D eigenvalue weighted by atomic mass is 10.1. The Morgan fingerprint density at radius 2 is 1.80 bits per heavy atom. The zero-order valence-electron chi connectivity index (χ0n) is 11.1. The van der Waals surface area contributed by atoms with E-state index in [2.05, 4.69) is 16.9 Å². The molecule has 0 saturated heterocycles. The molecule has 102 valence electrons. The Labute approximate surface area is 123 Å². The number of nitrogens with one attached hydrogen (secondary N) is 1. The van der Waals surface area contributed by atoms with Crippen molar-refractivity contribution >= 4 is 23.5 Å². The van der Waals surface area contributed by atoms with Crippen molar-refractivity contribution in [3.05, 3.63) is 60.2 Å². The van der Waals surface area contributed by atoms with Gasteiger partial charge in [-0.3, -0.25) is 9.52 Å². The molecule has 0 atom stereocenters. The Hall–Kier alpha value is -1.78. The van der Waals surface area contributed by atoms with Gasteiger partial charge in [-0.2, -0.15) is 0 Å². The lowest BCUT2D eigenvalue weighted by Crippen LogP contribution is -2.36. The summed E-state index contributed by atoms with van der Waals surface area (Å²) in [6.07, 6.45) is 0.867. The van der Waals surface area contributed by atoms with Crippen LogP contribution in [0.4, 0.5) is 5.69 Å². The molecule has 20 heavy (non-hydrogen) atoms. The molecule has 1 heterocycles. The van der Waals surface area contributed by atoms with E-state index in [4.69, 9.17) is 0 Å². The van der Waals surface area contributed by atoms with Crippen LogP contribution in [0.25, 0.3) is 0 Å². The van der Waals surface area contributed by atoms with Crippen molar-refractivity contribution in [3.63, 3.8) is 0 Å². The molecule has 1 amide bonds. The topological polar surface area (TPSA) is 32.3 Å². The van der Waals surface area contributed by atoms with Crippen LogP contribution < -0.4 is 9.62 Å². The predicted molar refractivity (Wildman–Crippen MR) is 82.8 cm³/mol. The fourth-order valence-corrected chi connectivity index (χ4v) is 3.08. The van der Waals surface area contributed by atoms with Gasteiger partial charge in [0.05, 0.1) is 12.2 Å². The first-order valence-electron chi connectivity index (χ1n) is 6.67. The average Bonchev–Trinajstić information content (AvgIpc) is 2.65. The molecule has 0 spiro atoms. The molecule has 0 unspecified atom stereocenters. The number of hydrogen-bond donors (Lipinski definition) is 1. The summed E-state index contributed by atoms with van der Waals surface area (Å²) < 4.78 is 3.11. The van der Waals surface area contributed by atoms with Gasteiger partial charge in [0.25, 0.3) is 0 Å². The number of fused-ring (bicyclic) bond motifs is 1. The van der Waals surface area contributed by atoms with Gasteiger partial charge in [0.2, 0.25) is 5.91 Å². The Bertz CT molecular complexity index is 600. The van der Waals surface area contributed by atoms with E-state index in [0.29, 0.717) is 13.1 Å². The zero-order chi connectivity index (χ0) is 13.8. The lowest BCUT2D eigenvalue weighted by molar-refractivity contribution is -0.117. The first-order chi connectivity index (χ1) is 9.84. The fourth-order valence-electron chi connectivity index (χ4n) is 2.30. The first-order valence-corrected chi connectivity index (χ1v) is 7.49. The Morgan fingerprint density at radius 1 is 1.05 bits per heavy atom. The van der Waals surface area contributed by atoms with Gasteiger partial charge < -0.3 is 4.90 Å². The van der Waals surface area contributed by atoms with Crippen molar-refractivity contribution in [1.82, 2.24) is 4.72 Å². The molecule has 3 nitrogen and oxygen atoms in total. The Morgan fingerprint density at radius 3 is 2.65 bits per heavy atom.